The van der Waals surface area contributed by atoms with Crippen molar-refractivity contribution in [2.45, 2.75) is 57.2 Å². The molecule has 3 aromatic rings. The Morgan fingerprint density at radius 2 is 1.76 bits per heavy atom. The van der Waals surface area contributed by atoms with E-state index >= 15 is 0 Å². The van der Waals surface area contributed by atoms with Crippen molar-refractivity contribution in [2.24, 2.45) is 11.8 Å². The summed E-state index contributed by atoms with van der Waals surface area (Å²) in [5.74, 6) is 0.449. The van der Waals surface area contributed by atoms with Gasteiger partial charge in [0.25, 0.3) is 0 Å². The lowest BCUT2D eigenvalue weighted by Gasteiger charge is -2.47. The van der Waals surface area contributed by atoms with Crippen LogP contribution in [0.4, 0.5) is 0 Å². The van der Waals surface area contributed by atoms with Crippen LogP contribution in [0, 0.1) is 11.8 Å². The molecule has 0 amide bonds. The van der Waals surface area contributed by atoms with Crippen molar-refractivity contribution in [3.63, 3.8) is 0 Å². The van der Waals surface area contributed by atoms with Gasteiger partial charge < -0.3 is 4.74 Å². The predicted octanol–water partition coefficient (Wildman–Crippen LogP) is 8.58. The molecule has 1 heteroatoms. The normalized spacial score (nSPS) is 27.5. The Kier molecular flexibility index (Phi) is 5.68. The zero-order valence-corrected chi connectivity index (χ0v) is 26.6. The lowest BCUT2D eigenvalue weighted by molar-refractivity contribution is -0.00261. The van der Waals surface area contributed by atoms with E-state index in [2.05, 4.69) is 135 Å². The molecule has 0 radical (unpaired) electrons. The molecule has 4 atom stereocenters. The number of rotatable bonds is 2. The molecule has 1 nitrogen and oxygen atoms in total. The first-order chi connectivity index (χ1) is 22.5. The standard InChI is InChI=1S/C45H38O/c1-45(2)40-17-8-7-14-35(40)36-21-20-29(25-41(36)45)32-23-38-33-13-6-5-12-30(33)26-42-43(38)39(24-32)37-16-9-15-34(44(37)46-42)31-19-18-27-10-3-4-11-28(27)22-31/h3,5-10,12-19,22-26,37,42-44H,4,11,20-21H2,1-2H3. The molecule has 0 saturated carbocycles. The van der Waals surface area contributed by atoms with Crippen LogP contribution in [0.5, 0.6) is 0 Å². The maximum atomic E-state index is 7.20. The molecular formula is C45H38O. The van der Waals surface area contributed by atoms with E-state index in [9.17, 15) is 0 Å². The fraction of sp³-hybridized carbons (Fsp3) is 0.244. The van der Waals surface area contributed by atoms with Crippen LogP contribution in [0.2, 0.25) is 0 Å². The summed E-state index contributed by atoms with van der Waals surface area (Å²) in [6.07, 6.45) is 26.0. The first kappa shape index (κ1) is 26.7. The molecule has 4 unspecified atom stereocenters. The number of ether oxygens (including phenoxy) is 1. The smallest absolute Gasteiger partial charge is 0.0939 e. The number of allylic oxidation sites excluding steroid dienone is 10. The first-order valence-electron chi connectivity index (χ1n) is 17.2. The van der Waals surface area contributed by atoms with E-state index in [-0.39, 0.29) is 29.5 Å². The summed E-state index contributed by atoms with van der Waals surface area (Å²) in [5, 5.41) is 2.65. The highest BCUT2D eigenvalue weighted by molar-refractivity contribution is 5.85. The van der Waals surface area contributed by atoms with Gasteiger partial charge in [-0.05, 0) is 109 Å². The van der Waals surface area contributed by atoms with Gasteiger partial charge in [-0.25, -0.2) is 0 Å². The highest BCUT2D eigenvalue weighted by atomic mass is 16.5. The monoisotopic (exact) mass is 594 g/mol. The van der Waals surface area contributed by atoms with E-state index in [0.717, 1.165) is 25.7 Å². The van der Waals surface area contributed by atoms with Crippen LogP contribution in [0.25, 0.3) is 28.9 Å². The van der Waals surface area contributed by atoms with Crippen molar-refractivity contribution in [3.05, 3.63) is 170 Å². The zero-order valence-electron chi connectivity index (χ0n) is 26.6. The van der Waals surface area contributed by atoms with Crippen LogP contribution < -0.4 is 10.4 Å². The summed E-state index contributed by atoms with van der Waals surface area (Å²) < 4.78 is 7.20. The quantitative estimate of drug-likeness (QED) is 0.289. The molecular weight excluding hydrogens is 556 g/mol. The van der Waals surface area contributed by atoms with Crippen molar-refractivity contribution in [3.8, 4) is 0 Å². The Morgan fingerprint density at radius 3 is 2.72 bits per heavy atom. The number of hydrogen-bond donors (Lipinski definition) is 0. The van der Waals surface area contributed by atoms with Crippen molar-refractivity contribution in [1.29, 1.82) is 0 Å². The third kappa shape index (κ3) is 3.79. The van der Waals surface area contributed by atoms with Crippen LogP contribution in [-0.2, 0) is 16.6 Å². The predicted molar refractivity (Wildman–Crippen MR) is 190 cm³/mol. The van der Waals surface area contributed by atoms with Gasteiger partial charge in [-0.1, -0.05) is 129 Å². The Labute approximate surface area is 271 Å². The lowest BCUT2D eigenvalue weighted by atomic mass is 9.66. The molecule has 1 saturated heterocycles. The highest BCUT2D eigenvalue weighted by Gasteiger charge is 2.46. The molecule has 0 aromatic heterocycles. The molecule has 224 valence electrons. The summed E-state index contributed by atoms with van der Waals surface area (Å²) in [6.45, 7) is 4.81. The Balaban J connectivity index is 1.12. The Hall–Kier alpha value is -4.46. The van der Waals surface area contributed by atoms with E-state index in [1.54, 1.807) is 5.57 Å². The summed E-state index contributed by atoms with van der Waals surface area (Å²) in [6, 6.07) is 25.0. The summed E-state index contributed by atoms with van der Waals surface area (Å²) in [7, 11) is 0. The van der Waals surface area contributed by atoms with E-state index in [4.69, 9.17) is 4.74 Å². The fourth-order valence-electron chi connectivity index (χ4n) is 9.53. The summed E-state index contributed by atoms with van der Waals surface area (Å²) >= 11 is 0. The van der Waals surface area contributed by atoms with Gasteiger partial charge in [-0.3, -0.25) is 0 Å². The van der Waals surface area contributed by atoms with Crippen molar-refractivity contribution in [1.82, 2.24) is 0 Å². The minimum atomic E-state index is -0.00490. The van der Waals surface area contributed by atoms with Crippen LogP contribution in [0.3, 0.4) is 0 Å². The van der Waals surface area contributed by atoms with Gasteiger partial charge >= 0.3 is 0 Å². The second-order valence-corrected chi connectivity index (χ2v) is 14.6. The molecule has 0 spiro atoms. The van der Waals surface area contributed by atoms with Gasteiger partial charge in [0.2, 0.25) is 0 Å². The van der Waals surface area contributed by atoms with Crippen LogP contribution in [0.15, 0.2) is 132 Å². The van der Waals surface area contributed by atoms with E-state index in [1.807, 2.05) is 0 Å². The summed E-state index contributed by atoms with van der Waals surface area (Å²) in [5.41, 5.74) is 17.2. The number of hydrogen-bond acceptors (Lipinski definition) is 1. The topological polar surface area (TPSA) is 9.23 Å². The van der Waals surface area contributed by atoms with Gasteiger partial charge in [0.15, 0.2) is 0 Å². The molecule has 0 N–H and O–H groups in total. The summed E-state index contributed by atoms with van der Waals surface area (Å²) in [4.78, 5) is 0. The SMILES string of the molecule is CC1(C)C2=C(CCC(C3=CC4=c5ccccc5=CC5OC6C(c7ccc8c(c7)CCC=C8)=CC=CC6C(=C3)C45)=C2)c2ccccc21. The van der Waals surface area contributed by atoms with E-state index in [1.165, 1.54) is 71.7 Å². The van der Waals surface area contributed by atoms with Crippen molar-refractivity contribution < 1.29 is 4.74 Å². The molecule has 1 aliphatic heterocycles. The van der Waals surface area contributed by atoms with Crippen LogP contribution >= 0.6 is 0 Å². The zero-order chi connectivity index (χ0) is 30.6. The maximum absolute atomic E-state index is 7.20. The van der Waals surface area contributed by atoms with Gasteiger partial charge in [0.05, 0.1) is 12.2 Å². The largest absolute Gasteiger partial charge is 0.364 e. The number of aryl methyl sites for hydroxylation is 1. The number of benzene rings is 3. The molecule has 0 bridgehead atoms. The molecule has 46 heavy (non-hydrogen) atoms. The van der Waals surface area contributed by atoms with Gasteiger partial charge in [0, 0.05) is 17.3 Å². The third-order valence-corrected chi connectivity index (χ3v) is 11.8. The van der Waals surface area contributed by atoms with Gasteiger partial charge in [-0.15, -0.1) is 0 Å². The van der Waals surface area contributed by atoms with Crippen LogP contribution in [0.1, 0.15) is 60.9 Å². The lowest BCUT2D eigenvalue weighted by Crippen LogP contribution is -2.49. The molecule has 3 aromatic carbocycles. The maximum Gasteiger partial charge on any atom is 0.0939 e. The average Bonchev–Trinajstić information content (AvgIpc) is 3.33. The minimum Gasteiger partial charge on any atom is -0.364 e. The highest BCUT2D eigenvalue weighted by Crippen LogP contribution is 2.54. The molecule has 1 fully saturated rings. The van der Waals surface area contributed by atoms with E-state index < -0.39 is 0 Å². The second-order valence-electron chi connectivity index (χ2n) is 14.6. The van der Waals surface area contributed by atoms with Crippen molar-refractivity contribution >= 4 is 28.9 Å². The van der Waals surface area contributed by atoms with E-state index in [0.29, 0.717) is 0 Å². The average molecular weight is 595 g/mol. The number of fused-ring (bicyclic) bond motifs is 6. The van der Waals surface area contributed by atoms with Gasteiger partial charge in [0.1, 0.15) is 0 Å². The van der Waals surface area contributed by atoms with Crippen molar-refractivity contribution in [2.75, 3.05) is 0 Å². The minimum absolute atomic E-state index is 0.00490. The van der Waals surface area contributed by atoms with Crippen LogP contribution in [-0.4, -0.2) is 12.2 Å². The molecule has 10 rings (SSSR count). The Morgan fingerprint density at radius 1 is 0.870 bits per heavy atom. The second kappa shape index (κ2) is 9.77. The molecule has 7 aliphatic rings. The Bertz CT molecular complexity index is 2220. The third-order valence-electron chi connectivity index (χ3n) is 11.8. The first-order valence-corrected chi connectivity index (χ1v) is 17.2. The molecule has 1 heterocycles. The molecule has 6 aliphatic carbocycles. The fourth-order valence-corrected chi connectivity index (χ4v) is 9.53. The van der Waals surface area contributed by atoms with Gasteiger partial charge in [-0.2, -0.15) is 0 Å².